The molecule has 29 heavy (non-hydrogen) atoms. The highest BCUT2D eigenvalue weighted by molar-refractivity contribution is 8.00. The average Bonchev–Trinajstić information content (AvgIpc) is 2.67. The van der Waals surface area contributed by atoms with Crippen LogP contribution in [0.4, 0.5) is 5.69 Å². The molecule has 0 unspecified atom stereocenters. The molecule has 156 valence electrons. The lowest BCUT2D eigenvalue weighted by atomic mass is 9.87. The van der Waals surface area contributed by atoms with E-state index in [4.69, 9.17) is 0 Å². The van der Waals surface area contributed by atoms with Crippen molar-refractivity contribution in [3.63, 3.8) is 0 Å². The topological polar surface area (TPSA) is 86.7 Å². The molecule has 0 atom stereocenters. The molecule has 0 amide bonds. The van der Waals surface area contributed by atoms with Gasteiger partial charge in [0.1, 0.15) is 4.90 Å². The largest absolute Gasteiger partial charge is 0.478 e. The predicted octanol–water partition coefficient (Wildman–Crippen LogP) is 3.72. The minimum absolute atomic E-state index is 0.0727. The Morgan fingerprint density at radius 1 is 1.14 bits per heavy atom. The van der Waals surface area contributed by atoms with Crippen LogP contribution in [-0.2, 0) is 22.9 Å². The molecule has 1 aliphatic carbocycles. The lowest BCUT2D eigenvalue weighted by Gasteiger charge is -2.21. The van der Waals surface area contributed by atoms with Gasteiger partial charge in [-0.2, -0.15) is 0 Å². The Balaban J connectivity index is 1.94. The first-order valence-corrected chi connectivity index (χ1v) is 12.0. The van der Waals surface area contributed by atoms with E-state index in [0.29, 0.717) is 11.3 Å². The molecule has 0 heterocycles. The van der Waals surface area contributed by atoms with Gasteiger partial charge in [0.15, 0.2) is 0 Å². The molecule has 2 aromatic rings. The number of carboxylic acid groups (broad SMARTS) is 1. The number of nitrogens with one attached hydrogen (secondary N) is 1. The Morgan fingerprint density at radius 3 is 2.59 bits per heavy atom. The van der Waals surface area contributed by atoms with Gasteiger partial charge in [-0.25, -0.2) is 13.2 Å². The van der Waals surface area contributed by atoms with Crippen molar-refractivity contribution in [2.45, 2.75) is 35.5 Å². The van der Waals surface area contributed by atoms with Crippen molar-refractivity contribution < 1.29 is 18.3 Å². The predicted molar refractivity (Wildman–Crippen MR) is 117 cm³/mol. The fourth-order valence-electron chi connectivity index (χ4n) is 3.49. The Kier molecular flexibility index (Phi) is 6.87. The summed E-state index contributed by atoms with van der Waals surface area (Å²) in [5.74, 6) is -0.353. The molecular weight excluding hydrogens is 408 g/mol. The third-order valence-corrected chi connectivity index (χ3v) is 7.53. The van der Waals surface area contributed by atoms with Crippen LogP contribution in [0.5, 0.6) is 0 Å². The van der Waals surface area contributed by atoms with E-state index in [1.54, 1.807) is 30.3 Å². The highest BCUT2D eigenvalue weighted by Crippen LogP contribution is 2.33. The van der Waals surface area contributed by atoms with Crippen molar-refractivity contribution in [1.29, 1.82) is 0 Å². The van der Waals surface area contributed by atoms with Crippen LogP contribution >= 0.6 is 11.8 Å². The Hall–Kier alpha value is -2.03. The quantitative estimate of drug-likeness (QED) is 0.616. The molecule has 0 fully saturated rings. The number of carbonyl (C=O) groups is 1. The first kappa shape index (κ1) is 21.7. The Labute approximate surface area is 176 Å². The number of aromatic carboxylic acids is 1. The highest BCUT2D eigenvalue weighted by atomic mass is 32.2. The second-order valence-electron chi connectivity index (χ2n) is 7.34. The van der Waals surface area contributed by atoms with E-state index in [2.05, 4.69) is 4.72 Å². The van der Waals surface area contributed by atoms with Gasteiger partial charge < -0.3 is 10.0 Å². The monoisotopic (exact) mass is 434 g/mol. The SMILES string of the molecule is CN(C)CCSc1ccccc1S(=O)(=O)Nc1ccc2c(c1C(=O)O)CCCC2. The lowest BCUT2D eigenvalue weighted by Crippen LogP contribution is -2.19. The standard InChI is InChI=1S/C21H26N2O4S2/c1-23(2)13-14-28-18-9-5-6-10-19(18)29(26,27)22-17-12-11-15-7-3-4-8-16(15)20(17)21(24)25/h5-6,9-12,22H,3-4,7-8,13-14H2,1-2H3,(H,24,25). The number of nitrogens with zero attached hydrogens (tertiary/aromatic N) is 1. The summed E-state index contributed by atoms with van der Waals surface area (Å²) in [6.45, 7) is 0.820. The van der Waals surface area contributed by atoms with Crippen LogP contribution in [-0.4, -0.2) is 50.8 Å². The van der Waals surface area contributed by atoms with Crippen LogP contribution in [0, 0.1) is 0 Å². The number of thioether (sulfide) groups is 1. The van der Waals surface area contributed by atoms with Gasteiger partial charge in [0.05, 0.1) is 11.3 Å². The normalized spacial score (nSPS) is 13.9. The second kappa shape index (κ2) is 9.19. The van der Waals surface area contributed by atoms with Gasteiger partial charge >= 0.3 is 5.97 Å². The molecule has 2 N–H and O–H groups in total. The van der Waals surface area contributed by atoms with Crippen molar-refractivity contribution >= 4 is 33.4 Å². The van der Waals surface area contributed by atoms with Crippen molar-refractivity contribution in [3.05, 3.63) is 53.1 Å². The maximum atomic E-state index is 13.1. The van der Waals surface area contributed by atoms with Crippen molar-refractivity contribution in [1.82, 2.24) is 4.90 Å². The lowest BCUT2D eigenvalue weighted by molar-refractivity contribution is 0.0696. The zero-order valence-corrected chi connectivity index (χ0v) is 18.3. The molecule has 6 nitrogen and oxygen atoms in total. The first-order valence-electron chi connectivity index (χ1n) is 9.57. The summed E-state index contributed by atoms with van der Waals surface area (Å²) in [5.41, 5.74) is 1.95. The highest BCUT2D eigenvalue weighted by Gasteiger charge is 2.25. The Morgan fingerprint density at radius 2 is 1.86 bits per heavy atom. The van der Waals surface area contributed by atoms with Gasteiger partial charge in [-0.05, 0) is 69.1 Å². The molecule has 8 heteroatoms. The van der Waals surface area contributed by atoms with E-state index in [9.17, 15) is 18.3 Å². The van der Waals surface area contributed by atoms with Crippen LogP contribution in [0.25, 0.3) is 0 Å². The van der Waals surface area contributed by atoms with Crippen LogP contribution in [0.2, 0.25) is 0 Å². The average molecular weight is 435 g/mol. The summed E-state index contributed by atoms with van der Waals surface area (Å²) < 4.78 is 28.8. The van der Waals surface area contributed by atoms with E-state index in [1.807, 2.05) is 25.1 Å². The van der Waals surface area contributed by atoms with E-state index < -0.39 is 16.0 Å². The molecular formula is C21H26N2O4S2. The number of carboxylic acids is 1. The van der Waals surface area contributed by atoms with Crippen molar-refractivity contribution in [2.24, 2.45) is 0 Å². The molecule has 0 saturated carbocycles. The smallest absolute Gasteiger partial charge is 0.338 e. The third kappa shape index (κ3) is 5.12. The number of anilines is 1. The van der Waals surface area contributed by atoms with Crippen LogP contribution < -0.4 is 4.72 Å². The minimum atomic E-state index is -3.92. The van der Waals surface area contributed by atoms with Gasteiger partial charge in [0.25, 0.3) is 10.0 Å². The van der Waals surface area contributed by atoms with Gasteiger partial charge in [-0.1, -0.05) is 18.2 Å². The van der Waals surface area contributed by atoms with Crippen molar-refractivity contribution in [2.75, 3.05) is 31.1 Å². The van der Waals surface area contributed by atoms with Crippen LogP contribution in [0.3, 0.4) is 0 Å². The number of sulfonamides is 1. The zero-order chi connectivity index (χ0) is 21.0. The number of hydrogen-bond acceptors (Lipinski definition) is 5. The number of fused-ring (bicyclic) bond motifs is 1. The molecule has 2 aromatic carbocycles. The third-order valence-electron chi connectivity index (χ3n) is 4.93. The van der Waals surface area contributed by atoms with Gasteiger partial charge in [0.2, 0.25) is 0 Å². The molecule has 0 saturated heterocycles. The number of rotatable bonds is 8. The molecule has 0 aliphatic heterocycles. The summed E-state index contributed by atoms with van der Waals surface area (Å²) >= 11 is 1.47. The number of aryl methyl sites for hydroxylation is 1. The summed E-state index contributed by atoms with van der Waals surface area (Å²) in [5, 5.41) is 9.77. The van der Waals surface area contributed by atoms with E-state index >= 15 is 0 Å². The summed E-state index contributed by atoms with van der Waals surface area (Å²) in [6, 6.07) is 10.2. The van der Waals surface area contributed by atoms with E-state index in [1.165, 1.54) is 11.8 Å². The molecule has 1 aliphatic rings. The summed E-state index contributed by atoms with van der Waals surface area (Å²) in [7, 11) is 0.00813. The molecule has 0 radical (unpaired) electrons. The van der Waals surface area contributed by atoms with E-state index in [-0.39, 0.29) is 16.1 Å². The molecule has 0 aromatic heterocycles. The van der Waals surface area contributed by atoms with Crippen molar-refractivity contribution in [3.8, 4) is 0 Å². The fraction of sp³-hybridized carbons (Fsp3) is 0.381. The number of benzene rings is 2. The van der Waals surface area contributed by atoms with Gasteiger partial charge in [-0.3, -0.25) is 4.72 Å². The summed E-state index contributed by atoms with van der Waals surface area (Å²) in [6.07, 6.45) is 3.42. The van der Waals surface area contributed by atoms with Crippen LogP contribution in [0.1, 0.15) is 34.3 Å². The number of hydrogen-bond donors (Lipinski definition) is 2. The van der Waals surface area contributed by atoms with E-state index in [0.717, 1.165) is 42.7 Å². The fourth-order valence-corrected chi connectivity index (χ4v) is 6.21. The van der Waals surface area contributed by atoms with Gasteiger partial charge in [0, 0.05) is 17.2 Å². The second-order valence-corrected chi connectivity index (χ2v) is 10.1. The molecule has 0 bridgehead atoms. The first-order chi connectivity index (χ1) is 13.8. The molecule has 3 rings (SSSR count). The van der Waals surface area contributed by atoms with Crippen LogP contribution in [0.15, 0.2) is 46.2 Å². The summed E-state index contributed by atoms with van der Waals surface area (Å²) in [4.78, 5) is 14.8. The zero-order valence-electron chi connectivity index (χ0n) is 16.6. The Bertz CT molecular complexity index is 1000. The van der Waals surface area contributed by atoms with Gasteiger partial charge in [-0.15, -0.1) is 11.8 Å². The minimum Gasteiger partial charge on any atom is -0.478 e. The maximum absolute atomic E-state index is 13.1. The maximum Gasteiger partial charge on any atom is 0.338 e. The molecule has 0 spiro atoms.